The van der Waals surface area contributed by atoms with Crippen molar-refractivity contribution in [2.24, 2.45) is 5.73 Å². The Bertz CT molecular complexity index is 1070. The summed E-state index contributed by atoms with van der Waals surface area (Å²) >= 11 is 0. The predicted octanol–water partition coefficient (Wildman–Crippen LogP) is -0.111. The molecule has 184 valence electrons. The van der Waals surface area contributed by atoms with E-state index in [1.807, 2.05) is 24.1 Å². The highest BCUT2D eigenvalue weighted by molar-refractivity contribution is 5.84. The summed E-state index contributed by atoms with van der Waals surface area (Å²) in [4.78, 5) is 39.4. The lowest BCUT2D eigenvalue weighted by Gasteiger charge is -2.36. The predicted molar refractivity (Wildman–Crippen MR) is 124 cm³/mol. The Morgan fingerprint density at radius 3 is 2.88 bits per heavy atom. The van der Waals surface area contributed by atoms with Crippen molar-refractivity contribution in [1.82, 2.24) is 35.8 Å². The number of nitrogens with two attached hydrogens (primary N) is 1. The molecule has 34 heavy (non-hydrogen) atoms. The van der Waals surface area contributed by atoms with Crippen molar-refractivity contribution in [1.29, 1.82) is 0 Å². The van der Waals surface area contributed by atoms with Crippen LogP contribution in [0.2, 0.25) is 0 Å². The minimum absolute atomic E-state index is 0.135. The number of fused-ring (bicyclic) bond motifs is 1. The molecule has 5 rings (SSSR count). The highest BCUT2D eigenvalue weighted by atomic mass is 16.8. The first-order valence-corrected chi connectivity index (χ1v) is 12.1. The number of rotatable bonds is 5. The van der Waals surface area contributed by atoms with Gasteiger partial charge >= 0.3 is 0 Å². The molecule has 0 saturated carbocycles. The Kier molecular flexibility index (Phi) is 6.38. The number of likely N-dealkylation sites (tertiary alicyclic amines) is 1. The number of aromatic nitrogens is 3. The molecular formula is C22H33N9O3. The zero-order chi connectivity index (χ0) is 23.8. The van der Waals surface area contributed by atoms with E-state index in [9.17, 15) is 9.59 Å². The fourth-order valence-electron chi connectivity index (χ4n) is 5.04. The Morgan fingerprint density at radius 2 is 2.12 bits per heavy atom. The van der Waals surface area contributed by atoms with Gasteiger partial charge in [0.25, 0.3) is 0 Å². The maximum atomic E-state index is 13.5. The first kappa shape index (κ1) is 23.0. The van der Waals surface area contributed by atoms with Crippen LogP contribution in [0.5, 0.6) is 0 Å². The lowest BCUT2D eigenvalue weighted by molar-refractivity contribution is -0.139. The van der Waals surface area contributed by atoms with Crippen molar-refractivity contribution in [2.45, 2.75) is 70.2 Å². The van der Waals surface area contributed by atoms with Crippen molar-refractivity contribution in [3.8, 4) is 0 Å². The van der Waals surface area contributed by atoms with Crippen LogP contribution in [-0.2, 0) is 14.5 Å². The first-order valence-electron chi connectivity index (χ1n) is 12.1. The zero-order valence-corrected chi connectivity index (χ0v) is 19.7. The molecule has 5 heterocycles. The molecule has 3 aliphatic rings. The van der Waals surface area contributed by atoms with Crippen molar-refractivity contribution < 1.29 is 14.5 Å². The van der Waals surface area contributed by atoms with E-state index in [0.717, 1.165) is 61.5 Å². The van der Waals surface area contributed by atoms with Crippen LogP contribution in [0.1, 0.15) is 56.3 Å². The van der Waals surface area contributed by atoms with Crippen molar-refractivity contribution in [3.05, 3.63) is 23.5 Å². The summed E-state index contributed by atoms with van der Waals surface area (Å²) in [5.74, 6) is 0.648. The molecule has 12 nitrogen and oxygen atoms in total. The van der Waals surface area contributed by atoms with Crippen LogP contribution in [-0.4, -0.2) is 69.2 Å². The van der Waals surface area contributed by atoms with E-state index >= 15 is 0 Å². The summed E-state index contributed by atoms with van der Waals surface area (Å²) < 4.78 is 1.80. The minimum Gasteiger partial charge on any atom is -0.355 e. The van der Waals surface area contributed by atoms with E-state index < -0.39 is 12.2 Å². The Morgan fingerprint density at radius 1 is 1.26 bits per heavy atom. The number of hydroxylamine groups is 2. The number of nitrogens with zero attached hydrogens (tertiary/aromatic N) is 5. The first-order chi connectivity index (χ1) is 16.4. The molecule has 3 fully saturated rings. The van der Waals surface area contributed by atoms with Gasteiger partial charge < -0.3 is 20.9 Å². The van der Waals surface area contributed by atoms with Gasteiger partial charge in [0.2, 0.25) is 11.8 Å². The van der Waals surface area contributed by atoms with Crippen LogP contribution in [0.4, 0.5) is 5.82 Å². The highest BCUT2D eigenvalue weighted by Gasteiger charge is 2.41. The number of anilines is 1. The monoisotopic (exact) mass is 471 g/mol. The smallest absolute Gasteiger partial charge is 0.246 e. The number of carbonyl (C=O) groups excluding carboxylic acids is 2. The van der Waals surface area contributed by atoms with Gasteiger partial charge in [0, 0.05) is 49.9 Å². The molecule has 3 aliphatic heterocycles. The molecule has 0 aliphatic carbocycles. The van der Waals surface area contributed by atoms with Gasteiger partial charge in [-0.3, -0.25) is 9.59 Å². The van der Waals surface area contributed by atoms with Crippen molar-refractivity contribution in [2.75, 3.05) is 24.5 Å². The molecule has 0 aromatic carbocycles. The molecule has 0 radical (unpaired) electrons. The number of piperidine rings is 1. The summed E-state index contributed by atoms with van der Waals surface area (Å²) in [6.07, 6.45) is 5.38. The topological polar surface area (TPSA) is 142 Å². The van der Waals surface area contributed by atoms with Crippen LogP contribution >= 0.6 is 0 Å². The Labute approximate surface area is 198 Å². The van der Waals surface area contributed by atoms with Gasteiger partial charge in [-0.15, -0.1) is 0 Å². The van der Waals surface area contributed by atoms with Crippen LogP contribution in [0.15, 0.2) is 12.3 Å². The van der Waals surface area contributed by atoms with Crippen molar-refractivity contribution in [3.63, 3.8) is 0 Å². The number of hydrogen-bond acceptors (Lipinski definition) is 9. The summed E-state index contributed by atoms with van der Waals surface area (Å²) in [7, 11) is 0. The fourth-order valence-corrected chi connectivity index (χ4v) is 5.04. The second-order valence-electron chi connectivity index (χ2n) is 9.37. The zero-order valence-electron chi connectivity index (χ0n) is 19.7. The molecule has 3 saturated heterocycles. The van der Waals surface area contributed by atoms with Gasteiger partial charge in [0.15, 0.2) is 5.65 Å². The van der Waals surface area contributed by atoms with Crippen LogP contribution in [0.3, 0.4) is 0 Å². The molecule has 2 aromatic heterocycles. The number of hydrogen-bond donors (Lipinski definition) is 4. The van der Waals surface area contributed by atoms with Crippen LogP contribution in [0.25, 0.3) is 5.65 Å². The van der Waals surface area contributed by atoms with E-state index in [0.29, 0.717) is 13.0 Å². The Hall–Kier alpha value is -2.80. The van der Waals surface area contributed by atoms with Gasteiger partial charge in [-0.1, -0.05) is 6.92 Å². The molecule has 2 aromatic rings. The molecule has 4 atom stereocenters. The van der Waals surface area contributed by atoms with E-state index in [2.05, 4.69) is 21.2 Å². The summed E-state index contributed by atoms with van der Waals surface area (Å²) in [5.41, 5.74) is 14.1. The highest BCUT2D eigenvalue weighted by Crippen LogP contribution is 2.32. The van der Waals surface area contributed by atoms with E-state index in [1.165, 1.54) is 0 Å². The van der Waals surface area contributed by atoms with Gasteiger partial charge in [0.1, 0.15) is 18.0 Å². The summed E-state index contributed by atoms with van der Waals surface area (Å²) in [6, 6.07) is 1.26. The lowest BCUT2D eigenvalue weighted by Crippen LogP contribution is -2.56. The molecule has 0 spiro atoms. The molecular weight excluding hydrogens is 438 g/mol. The second-order valence-corrected chi connectivity index (χ2v) is 9.37. The van der Waals surface area contributed by atoms with Gasteiger partial charge in [-0.05, 0) is 32.6 Å². The van der Waals surface area contributed by atoms with E-state index in [1.54, 1.807) is 11.4 Å². The van der Waals surface area contributed by atoms with Gasteiger partial charge in [-0.2, -0.15) is 16.1 Å². The third-order valence-corrected chi connectivity index (χ3v) is 6.88. The van der Waals surface area contributed by atoms with Crippen LogP contribution in [0, 0.1) is 6.92 Å². The average molecular weight is 472 g/mol. The standard InChI is InChI=1S/C22H33N9O3/c1-3-18(32)25-20-19(27-34-28-20)22(33)30-8-5-4-6-16(30)15-10-17-24-21(13(2)11-31(17)26-15)29-9-7-14(23)12-29/h10-11,14,16,19-20,27-28H,3-9,12,23H2,1-2H3,(H,25,32)/t14-,16-,19?,20?/m0/s1. The van der Waals surface area contributed by atoms with E-state index in [-0.39, 0.29) is 23.9 Å². The number of aryl methyl sites for hydroxylation is 1. The molecule has 2 amide bonds. The number of amides is 2. The van der Waals surface area contributed by atoms with Gasteiger partial charge in [-0.25, -0.2) is 14.4 Å². The quantitative estimate of drug-likeness (QED) is 0.470. The van der Waals surface area contributed by atoms with Crippen LogP contribution < -0.4 is 26.9 Å². The van der Waals surface area contributed by atoms with Gasteiger partial charge in [0.05, 0.1) is 11.7 Å². The normalized spacial score (nSPS) is 27.5. The summed E-state index contributed by atoms with van der Waals surface area (Å²) in [5, 5.41) is 7.59. The maximum Gasteiger partial charge on any atom is 0.246 e. The number of carbonyl (C=O) groups is 2. The fraction of sp³-hybridized carbons (Fsp3) is 0.636. The molecule has 2 unspecified atom stereocenters. The largest absolute Gasteiger partial charge is 0.355 e. The second kappa shape index (κ2) is 9.45. The molecule has 0 bridgehead atoms. The third kappa shape index (κ3) is 4.33. The third-order valence-electron chi connectivity index (χ3n) is 6.88. The minimum atomic E-state index is -0.723. The van der Waals surface area contributed by atoms with E-state index in [4.69, 9.17) is 20.8 Å². The van der Waals surface area contributed by atoms with Crippen molar-refractivity contribution >= 4 is 23.3 Å². The molecule has 12 heteroatoms. The molecule has 5 N–H and O–H groups in total. The summed E-state index contributed by atoms with van der Waals surface area (Å²) in [6.45, 7) is 6.12. The average Bonchev–Trinajstić information content (AvgIpc) is 3.57. The Balaban J connectivity index is 1.39. The number of nitrogens with one attached hydrogen (secondary N) is 3. The SMILES string of the molecule is CCC(=O)NC1NONC1C(=O)N1CCCC[C@H]1c1cc2nc(N3CC[C@H](N)C3)c(C)cn2n1. The lowest BCUT2D eigenvalue weighted by atomic mass is 9.98. The maximum absolute atomic E-state index is 13.5.